The SMILES string of the molecule is CCC(CC)CC(NC)c1cc(C)ccc1F. The fourth-order valence-electron chi connectivity index (χ4n) is 2.29. The minimum atomic E-state index is -0.0964. The average Bonchev–Trinajstić information content (AvgIpc) is 2.34. The summed E-state index contributed by atoms with van der Waals surface area (Å²) in [6.45, 7) is 6.41. The predicted molar refractivity (Wildman–Crippen MR) is 71.6 cm³/mol. The lowest BCUT2D eigenvalue weighted by Gasteiger charge is -2.22. The molecule has 0 saturated carbocycles. The Hall–Kier alpha value is -0.890. The van der Waals surface area contributed by atoms with Gasteiger partial charge >= 0.3 is 0 Å². The van der Waals surface area contributed by atoms with Crippen molar-refractivity contribution in [2.45, 2.75) is 46.1 Å². The van der Waals surface area contributed by atoms with Crippen LogP contribution in [-0.2, 0) is 0 Å². The first-order chi connectivity index (χ1) is 8.12. The summed E-state index contributed by atoms with van der Waals surface area (Å²) in [6.07, 6.45) is 3.31. The van der Waals surface area contributed by atoms with Crippen LogP contribution in [-0.4, -0.2) is 7.05 Å². The van der Waals surface area contributed by atoms with E-state index in [1.807, 2.05) is 26.1 Å². The van der Waals surface area contributed by atoms with E-state index >= 15 is 0 Å². The Balaban J connectivity index is 2.89. The summed E-state index contributed by atoms with van der Waals surface area (Å²) < 4.78 is 13.8. The normalized spacial score (nSPS) is 13.1. The summed E-state index contributed by atoms with van der Waals surface area (Å²) in [5.41, 5.74) is 1.92. The Labute approximate surface area is 104 Å². The fourth-order valence-corrected chi connectivity index (χ4v) is 2.29. The van der Waals surface area contributed by atoms with Gasteiger partial charge in [0.1, 0.15) is 5.82 Å². The topological polar surface area (TPSA) is 12.0 Å². The van der Waals surface area contributed by atoms with E-state index in [1.165, 1.54) is 0 Å². The largest absolute Gasteiger partial charge is 0.313 e. The van der Waals surface area contributed by atoms with Crippen LogP contribution in [0.2, 0.25) is 0 Å². The second kappa shape index (κ2) is 6.75. The molecule has 0 spiro atoms. The fraction of sp³-hybridized carbons (Fsp3) is 0.600. The van der Waals surface area contributed by atoms with Crippen molar-refractivity contribution in [1.82, 2.24) is 5.32 Å². The molecular formula is C15H24FN. The van der Waals surface area contributed by atoms with Crippen LogP contribution in [0, 0.1) is 18.7 Å². The quantitative estimate of drug-likeness (QED) is 0.781. The van der Waals surface area contributed by atoms with Gasteiger partial charge in [-0.05, 0) is 32.4 Å². The molecule has 2 heteroatoms. The molecule has 0 aliphatic rings. The molecule has 1 aromatic rings. The second-order valence-corrected chi connectivity index (χ2v) is 4.78. The predicted octanol–water partition coefficient (Wildman–Crippen LogP) is 4.22. The van der Waals surface area contributed by atoms with Crippen molar-refractivity contribution in [3.05, 3.63) is 35.1 Å². The van der Waals surface area contributed by atoms with Gasteiger partial charge in [0.2, 0.25) is 0 Å². The Morgan fingerprint density at radius 3 is 2.41 bits per heavy atom. The van der Waals surface area contributed by atoms with E-state index < -0.39 is 0 Å². The van der Waals surface area contributed by atoms with Gasteiger partial charge in [-0.3, -0.25) is 0 Å². The molecule has 0 bridgehead atoms. The zero-order valence-electron chi connectivity index (χ0n) is 11.4. The van der Waals surface area contributed by atoms with Gasteiger partial charge in [-0.25, -0.2) is 4.39 Å². The van der Waals surface area contributed by atoms with E-state index in [1.54, 1.807) is 6.07 Å². The second-order valence-electron chi connectivity index (χ2n) is 4.78. The molecule has 0 saturated heterocycles. The maximum Gasteiger partial charge on any atom is 0.127 e. The minimum Gasteiger partial charge on any atom is -0.313 e. The number of hydrogen-bond donors (Lipinski definition) is 1. The minimum absolute atomic E-state index is 0.0964. The molecule has 0 aliphatic carbocycles. The first kappa shape index (κ1) is 14.2. The van der Waals surface area contributed by atoms with E-state index in [0.717, 1.165) is 30.4 Å². The summed E-state index contributed by atoms with van der Waals surface area (Å²) in [5.74, 6) is 0.563. The molecule has 1 rings (SSSR count). The van der Waals surface area contributed by atoms with Crippen molar-refractivity contribution in [3.8, 4) is 0 Å². The van der Waals surface area contributed by atoms with Crippen LogP contribution in [0.1, 0.15) is 50.3 Å². The number of rotatable bonds is 6. The third kappa shape index (κ3) is 3.81. The van der Waals surface area contributed by atoms with Crippen LogP contribution in [0.5, 0.6) is 0 Å². The molecular weight excluding hydrogens is 213 g/mol. The van der Waals surface area contributed by atoms with Gasteiger partial charge in [-0.2, -0.15) is 0 Å². The lowest BCUT2D eigenvalue weighted by Crippen LogP contribution is -2.21. The molecule has 0 fully saturated rings. The van der Waals surface area contributed by atoms with Crippen molar-refractivity contribution in [1.29, 1.82) is 0 Å². The van der Waals surface area contributed by atoms with E-state index in [9.17, 15) is 4.39 Å². The molecule has 1 aromatic carbocycles. The third-order valence-electron chi connectivity index (χ3n) is 3.60. The summed E-state index contributed by atoms with van der Waals surface area (Å²) in [5, 5.41) is 3.25. The summed E-state index contributed by atoms with van der Waals surface area (Å²) in [6, 6.07) is 5.48. The Morgan fingerprint density at radius 2 is 1.88 bits per heavy atom. The van der Waals surface area contributed by atoms with E-state index in [2.05, 4.69) is 19.2 Å². The van der Waals surface area contributed by atoms with Crippen molar-refractivity contribution < 1.29 is 4.39 Å². The molecule has 1 unspecified atom stereocenters. The third-order valence-corrected chi connectivity index (χ3v) is 3.60. The van der Waals surface area contributed by atoms with Crippen molar-refractivity contribution in [3.63, 3.8) is 0 Å². The zero-order chi connectivity index (χ0) is 12.8. The lowest BCUT2D eigenvalue weighted by atomic mass is 9.90. The van der Waals surface area contributed by atoms with Crippen molar-refractivity contribution >= 4 is 0 Å². The van der Waals surface area contributed by atoms with E-state index in [0.29, 0.717) is 5.92 Å². The molecule has 0 heterocycles. The lowest BCUT2D eigenvalue weighted by molar-refractivity contribution is 0.378. The number of nitrogens with one attached hydrogen (secondary N) is 1. The summed E-state index contributed by atoms with van der Waals surface area (Å²) >= 11 is 0. The van der Waals surface area contributed by atoms with Crippen LogP contribution >= 0.6 is 0 Å². The zero-order valence-corrected chi connectivity index (χ0v) is 11.4. The van der Waals surface area contributed by atoms with Crippen LogP contribution in [0.15, 0.2) is 18.2 Å². The summed E-state index contributed by atoms with van der Waals surface area (Å²) in [7, 11) is 1.91. The molecule has 1 nitrogen and oxygen atoms in total. The maximum atomic E-state index is 13.8. The van der Waals surface area contributed by atoms with E-state index in [-0.39, 0.29) is 11.9 Å². The molecule has 96 valence electrons. The standard InChI is InChI=1S/C15H24FN/c1-5-12(6-2)10-15(17-4)13-9-11(3)7-8-14(13)16/h7-9,12,15,17H,5-6,10H2,1-4H3. The van der Waals surface area contributed by atoms with Crippen LogP contribution < -0.4 is 5.32 Å². The van der Waals surface area contributed by atoms with Gasteiger partial charge in [0.05, 0.1) is 0 Å². The van der Waals surface area contributed by atoms with Crippen molar-refractivity contribution in [2.24, 2.45) is 5.92 Å². The van der Waals surface area contributed by atoms with Crippen LogP contribution in [0.4, 0.5) is 4.39 Å². The molecule has 0 amide bonds. The molecule has 0 radical (unpaired) electrons. The van der Waals surface area contributed by atoms with Gasteiger partial charge in [-0.15, -0.1) is 0 Å². The van der Waals surface area contributed by atoms with Crippen LogP contribution in [0.25, 0.3) is 0 Å². The number of aryl methyl sites for hydroxylation is 1. The first-order valence-corrected chi connectivity index (χ1v) is 6.55. The van der Waals surface area contributed by atoms with Crippen LogP contribution in [0.3, 0.4) is 0 Å². The molecule has 0 aromatic heterocycles. The van der Waals surface area contributed by atoms with Crippen molar-refractivity contribution in [2.75, 3.05) is 7.05 Å². The Kier molecular flexibility index (Phi) is 5.63. The molecule has 0 aliphatic heterocycles. The maximum absolute atomic E-state index is 13.8. The molecule has 1 atom stereocenters. The number of benzene rings is 1. The van der Waals surface area contributed by atoms with Gasteiger partial charge < -0.3 is 5.32 Å². The summed E-state index contributed by atoms with van der Waals surface area (Å²) in [4.78, 5) is 0. The van der Waals surface area contributed by atoms with Gasteiger partial charge in [0, 0.05) is 11.6 Å². The molecule has 17 heavy (non-hydrogen) atoms. The highest BCUT2D eigenvalue weighted by molar-refractivity contribution is 5.26. The number of hydrogen-bond acceptors (Lipinski definition) is 1. The highest BCUT2D eigenvalue weighted by Crippen LogP contribution is 2.27. The highest BCUT2D eigenvalue weighted by atomic mass is 19.1. The highest BCUT2D eigenvalue weighted by Gasteiger charge is 2.17. The van der Waals surface area contributed by atoms with Gasteiger partial charge in [0.25, 0.3) is 0 Å². The van der Waals surface area contributed by atoms with Gasteiger partial charge in [0.15, 0.2) is 0 Å². The smallest absolute Gasteiger partial charge is 0.127 e. The monoisotopic (exact) mass is 237 g/mol. The van der Waals surface area contributed by atoms with E-state index in [4.69, 9.17) is 0 Å². The number of halogens is 1. The molecule has 1 N–H and O–H groups in total. The van der Waals surface area contributed by atoms with Gasteiger partial charge in [-0.1, -0.05) is 44.4 Å². The Morgan fingerprint density at radius 1 is 1.24 bits per heavy atom. The average molecular weight is 237 g/mol. The Bertz CT molecular complexity index is 345. The first-order valence-electron chi connectivity index (χ1n) is 6.55.